The molecule has 0 bridgehead atoms. The summed E-state index contributed by atoms with van der Waals surface area (Å²) in [6.45, 7) is 0. The molecule has 0 fully saturated rings. The van der Waals surface area contributed by atoms with E-state index in [4.69, 9.17) is 11.5 Å². The maximum absolute atomic E-state index is 11.9. The zero-order chi connectivity index (χ0) is 13.8. The smallest absolute Gasteiger partial charge is 0.316 e. The summed E-state index contributed by atoms with van der Waals surface area (Å²) in [5.41, 5.74) is 11.9. The number of urea groups is 1. The van der Waals surface area contributed by atoms with Crippen molar-refractivity contribution in [1.82, 2.24) is 0 Å². The topological polar surface area (TPSA) is 110 Å². The molecule has 2 unspecified atom stereocenters. The number of nitrogens with one attached hydrogen (secondary N) is 2. The maximum Gasteiger partial charge on any atom is 0.316 e. The van der Waals surface area contributed by atoms with E-state index >= 15 is 0 Å². The highest BCUT2D eigenvalue weighted by Gasteiger charge is 2.22. The molecule has 0 heterocycles. The van der Waals surface area contributed by atoms with Gasteiger partial charge in [-0.25, -0.2) is 4.79 Å². The summed E-state index contributed by atoms with van der Waals surface area (Å²) in [5, 5.41) is 5.24. The third-order valence-electron chi connectivity index (χ3n) is 2.87. The highest BCUT2D eigenvalue weighted by molar-refractivity contribution is 5.94. The van der Waals surface area contributed by atoms with Crippen LogP contribution in [0.15, 0.2) is 36.4 Å². The van der Waals surface area contributed by atoms with E-state index in [-0.39, 0.29) is 17.9 Å². The second kappa shape index (κ2) is 5.53. The first-order chi connectivity index (χ1) is 9.04. The quantitative estimate of drug-likeness (QED) is 0.609. The molecule has 1 aromatic rings. The predicted octanol–water partition coefficient (Wildman–Crippen LogP) is 1.02. The first kappa shape index (κ1) is 13.1. The number of amides is 3. The monoisotopic (exact) mass is 260 g/mol. The van der Waals surface area contributed by atoms with Crippen molar-refractivity contribution >= 4 is 23.3 Å². The van der Waals surface area contributed by atoms with Crippen molar-refractivity contribution in [2.24, 2.45) is 17.4 Å². The van der Waals surface area contributed by atoms with Crippen LogP contribution in [0, 0.1) is 5.92 Å². The molecule has 0 saturated heterocycles. The minimum atomic E-state index is -0.623. The molecule has 6 nitrogen and oxygen atoms in total. The van der Waals surface area contributed by atoms with Crippen molar-refractivity contribution in [1.29, 1.82) is 0 Å². The Bertz CT molecular complexity index is 510. The van der Waals surface area contributed by atoms with Gasteiger partial charge < -0.3 is 22.1 Å². The van der Waals surface area contributed by atoms with E-state index in [1.807, 2.05) is 12.2 Å². The highest BCUT2D eigenvalue weighted by atomic mass is 16.2. The number of carbonyl (C=O) groups excluding carboxylic acids is 2. The average molecular weight is 260 g/mol. The van der Waals surface area contributed by atoms with Crippen molar-refractivity contribution in [3.8, 4) is 0 Å². The second-order valence-electron chi connectivity index (χ2n) is 4.45. The lowest BCUT2D eigenvalue weighted by Crippen LogP contribution is -2.24. The Balaban J connectivity index is 1.94. The van der Waals surface area contributed by atoms with Crippen LogP contribution in [0.3, 0.4) is 0 Å². The van der Waals surface area contributed by atoms with Crippen LogP contribution >= 0.6 is 0 Å². The second-order valence-corrected chi connectivity index (χ2v) is 4.45. The lowest BCUT2D eigenvalue weighted by Gasteiger charge is -2.11. The third-order valence-corrected chi connectivity index (χ3v) is 2.87. The van der Waals surface area contributed by atoms with Crippen molar-refractivity contribution in [2.75, 3.05) is 10.6 Å². The number of rotatable bonds is 3. The van der Waals surface area contributed by atoms with Gasteiger partial charge in [0, 0.05) is 17.4 Å². The molecule has 0 aromatic heterocycles. The Kier molecular flexibility index (Phi) is 3.82. The number of hydrogen-bond donors (Lipinski definition) is 4. The van der Waals surface area contributed by atoms with Crippen molar-refractivity contribution in [3.63, 3.8) is 0 Å². The van der Waals surface area contributed by atoms with Crippen LogP contribution in [0.25, 0.3) is 0 Å². The Hall–Kier alpha value is -2.34. The van der Waals surface area contributed by atoms with E-state index in [2.05, 4.69) is 10.6 Å². The molecule has 0 saturated carbocycles. The largest absolute Gasteiger partial charge is 0.351 e. The minimum Gasteiger partial charge on any atom is -0.351 e. The SMILES string of the molecule is NC(=O)Nc1ccc(NC(=O)C2C=CC(N)C2)cc1. The van der Waals surface area contributed by atoms with Gasteiger partial charge in [0.05, 0.1) is 5.92 Å². The molecule has 1 aliphatic carbocycles. The van der Waals surface area contributed by atoms with Gasteiger partial charge in [-0.15, -0.1) is 0 Å². The van der Waals surface area contributed by atoms with E-state index in [0.717, 1.165) is 0 Å². The van der Waals surface area contributed by atoms with Crippen LogP contribution in [-0.4, -0.2) is 18.0 Å². The number of benzene rings is 1. The summed E-state index contributed by atoms with van der Waals surface area (Å²) < 4.78 is 0. The molecule has 1 aromatic carbocycles. The zero-order valence-electron chi connectivity index (χ0n) is 10.3. The van der Waals surface area contributed by atoms with Crippen molar-refractivity contribution < 1.29 is 9.59 Å². The lowest BCUT2D eigenvalue weighted by molar-refractivity contribution is -0.118. The molecular weight excluding hydrogens is 244 g/mol. The number of carbonyl (C=O) groups is 2. The molecule has 6 N–H and O–H groups in total. The molecule has 100 valence electrons. The normalized spacial score (nSPS) is 21.1. The Labute approximate surface area is 110 Å². The van der Waals surface area contributed by atoms with Crippen LogP contribution in [0.1, 0.15) is 6.42 Å². The predicted molar refractivity (Wildman–Crippen MR) is 73.5 cm³/mol. The summed E-state index contributed by atoms with van der Waals surface area (Å²) in [6.07, 6.45) is 4.29. The fourth-order valence-corrected chi connectivity index (χ4v) is 1.94. The van der Waals surface area contributed by atoms with E-state index in [0.29, 0.717) is 17.8 Å². The molecule has 2 atom stereocenters. The zero-order valence-corrected chi connectivity index (χ0v) is 10.3. The fraction of sp³-hybridized carbons (Fsp3) is 0.231. The van der Waals surface area contributed by atoms with Gasteiger partial charge in [0.25, 0.3) is 0 Å². The van der Waals surface area contributed by atoms with Gasteiger partial charge in [-0.05, 0) is 30.7 Å². The van der Waals surface area contributed by atoms with E-state index in [1.165, 1.54) is 0 Å². The van der Waals surface area contributed by atoms with Gasteiger partial charge in [0.2, 0.25) is 5.91 Å². The number of anilines is 2. The Morgan fingerprint density at radius 1 is 1.05 bits per heavy atom. The molecule has 6 heteroatoms. The number of hydrogen-bond acceptors (Lipinski definition) is 3. The molecule has 19 heavy (non-hydrogen) atoms. The summed E-state index contributed by atoms with van der Waals surface area (Å²) in [6, 6.07) is 6.05. The van der Waals surface area contributed by atoms with Crippen LogP contribution in [0.2, 0.25) is 0 Å². The van der Waals surface area contributed by atoms with Gasteiger partial charge in [-0.1, -0.05) is 12.2 Å². The van der Waals surface area contributed by atoms with E-state index in [1.54, 1.807) is 24.3 Å². The third kappa shape index (κ3) is 3.56. The van der Waals surface area contributed by atoms with Gasteiger partial charge in [0.1, 0.15) is 0 Å². The number of primary amides is 1. The lowest BCUT2D eigenvalue weighted by atomic mass is 10.1. The highest BCUT2D eigenvalue weighted by Crippen LogP contribution is 2.19. The van der Waals surface area contributed by atoms with Crippen molar-refractivity contribution in [3.05, 3.63) is 36.4 Å². The summed E-state index contributed by atoms with van der Waals surface area (Å²) in [4.78, 5) is 22.6. The molecule has 2 rings (SSSR count). The molecule has 0 radical (unpaired) electrons. The average Bonchev–Trinajstić information content (AvgIpc) is 2.78. The standard InChI is InChI=1S/C13H16N4O2/c14-9-2-1-8(7-9)12(18)16-10-3-5-11(6-4-10)17-13(15)19/h1-6,8-9H,7,14H2,(H,16,18)(H3,15,17,19). The fourth-order valence-electron chi connectivity index (χ4n) is 1.94. The van der Waals surface area contributed by atoms with Crippen molar-refractivity contribution in [2.45, 2.75) is 12.5 Å². The summed E-state index contributed by atoms with van der Waals surface area (Å²) in [5.74, 6) is -0.266. The van der Waals surface area contributed by atoms with E-state index < -0.39 is 6.03 Å². The Morgan fingerprint density at radius 3 is 2.11 bits per heavy atom. The van der Waals surface area contributed by atoms with Gasteiger partial charge in [-0.3, -0.25) is 4.79 Å². The van der Waals surface area contributed by atoms with Gasteiger partial charge >= 0.3 is 6.03 Å². The van der Waals surface area contributed by atoms with Crippen LogP contribution in [0.5, 0.6) is 0 Å². The Morgan fingerprint density at radius 2 is 1.63 bits per heavy atom. The van der Waals surface area contributed by atoms with Crippen LogP contribution < -0.4 is 22.1 Å². The van der Waals surface area contributed by atoms with Gasteiger partial charge in [0.15, 0.2) is 0 Å². The molecular formula is C13H16N4O2. The molecule has 0 aliphatic heterocycles. The minimum absolute atomic E-state index is 0.0436. The molecule has 1 aliphatic rings. The number of nitrogens with two attached hydrogens (primary N) is 2. The first-order valence-electron chi connectivity index (χ1n) is 5.96. The maximum atomic E-state index is 11.9. The van der Waals surface area contributed by atoms with E-state index in [9.17, 15) is 9.59 Å². The van der Waals surface area contributed by atoms with Crippen LogP contribution in [0.4, 0.5) is 16.2 Å². The molecule has 3 amide bonds. The summed E-state index contributed by atoms with van der Waals surface area (Å²) >= 11 is 0. The first-order valence-corrected chi connectivity index (χ1v) is 5.96. The van der Waals surface area contributed by atoms with Gasteiger partial charge in [-0.2, -0.15) is 0 Å². The summed E-state index contributed by atoms with van der Waals surface area (Å²) in [7, 11) is 0. The van der Waals surface area contributed by atoms with Crippen LogP contribution in [-0.2, 0) is 4.79 Å². The molecule has 0 spiro atoms.